The third-order valence-electron chi connectivity index (χ3n) is 5.30. The van der Waals surface area contributed by atoms with E-state index in [1.54, 1.807) is 0 Å². The highest BCUT2D eigenvalue weighted by molar-refractivity contribution is 7.98. The first kappa shape index (κ1) is 14.6. The summed E-state index contributed by atoms with van der Waals surface area (Å²) in [7, 11) is 2.31. The number of thioether (sulfide) groups is 1. The maximum Gasteiger partial charge on any atom is 0.0487 e. The van der Waals surface area contributed by atoms with Crippen LogP contribution in [0.3, 0.4) is 0 Å². The Kier molecular flexibility index (Phi) is 4.98. The molecule has 3 rings (SSSR count). The zero-order valence-electron chi connectivity index (χ0n) is 12.2. The maximum atomic E-state index is 6.22. The first-order valence-corrected chi connectivity index (χ1v) is 8.67. The fourth-order valence-electron chi connectivity index (χ4n) is 3.84. The fraction of sp³-hybridized carbons (Fsp3) is 1.00. The Bertz CT molecular complexity index is 266. The smallest absolute Gasteiger partial charge is 0.0487 e. The van der Waals surface area contributed by atoms with Crippen LogP contribution in [-0.2, 0) is 0 Å². The van der Waals surface area contributed by atoms with Gasteiger partial charge in [-0.05, 0) is 64.2 Å². The second-order valence-electron chi connectivity index (χ2n) is 6.10. The van der Waals surface area contributed by atoms with Gasteiger partial charge in [0.15, 0.2) is 0 Å². The number of hydrogen-bond donors (Lipinski definition) is 1. The normalized spacial score (nSPS) is 37.2. The van der Waals surface area contributed by atoms with Gasteiger partial charge in [0.2, 0.25) is 0 Å². The van der Waals surface area contributed by atoms with Crippen LogP contribution in [-0.4, -0.2) is 66.6 Å². The first-order chi connectivity index (χ1) is 8.64. The average Bonchev–Trinajstić information content (AvgIpc) is 2.44. The highest BCUT2D eigenvalue weighted by Crippen LogP contribution is 2.39. The van der Waals surface area contributed by atoms with Crippen molar-refractivity contribution in [2.45, 2.75) is 37.8 Å². The second kappa shape index (κ2) is 6.12. The highest BCUT2D eigenvalue weighted by Gasteiger charge is 2.49. The minimum absolute atomic E-state index is 0.244. The van der Waals surface area contributed by atoms with Crippen molar-refractivity contribution in [2.75, 3.05) is 45.2 Å². The lowest BCUT2D eigenvalue weighted by Gasteiger charge is -2.58. The molecule has 106 valence electrons. The molecule has 0 saturated carbocycles. The molecule has 0 aliphatic carbocycles. The van der Waals surface area contributed by atoms with Crippen molar-refractivity contribution >= 4 is 11.8 Å². The van der Waals surface area contributed by atoms with Crippen molar-refractivity contribution in [1.29, 1.82) is 0 Å². The number of nitrogens with zero attached hydrogens (tertiary/aromatic N) is 2. The Balaban J connectivity index is 2.07. The minimum Gasteiger partial charge on any atom is -0.329 e. The van der Waals surface area contributed by atoms with E-state index in [4.69, 9.17) is 5.73 Å². The number of nitrogens with two attached hydrogens (primary N) is 1. The number of hydrogen-bond acceptors (Lipinski definition) is 4. The summed E-state index contributed by atoms with van der Waals surface area (Å²) in [4.78, 5) is 5.23. The predicted octanol–water partition coefficient (Wildman–Crippen LogP) is 1.48. The van der Waals surface area contributed by atoms with Crippen LogP contribution in [0.5, 0.6) is 0 Å². The molecule has 4 heteroatoms. The molecule has 3 aliphatic rings. The van der Waals surface area contributed by atoms with Gasteiger partial charge in [0.1, 0.15) is 0 Å². The maximum absolute atomic E-state index is 6.22. The van der Waals surface area contributed by atoms with Gasteiger partial charge in [-0.3, -0.25) is 4.90 Å². The number of fused-ring (bicyclic) bond motifs is 3. The summed E-state index contributed by atoms with van der Waals surface area (Å²) in [5.74, 6) is 2.06. The molecule has 18 heavy (non-hydrogen) atoms. The van der Waals surface area contributed by atoms with Crippen LogP contribution >= 0.6 is 11.8 Å². The number of rotatable bonds is 6. The lowest BCUT2D eigenvalue weighted by molar-refractivity contribution is -0.0706. The summed E-state index contributed by atoms with van der Waals surface area (Å²) in [6.45, 7) is 6.95. The summed E-state index contributed by atoms with van der Waals surface area (Å²) < 4.78 is 0. The van der Waals surface area contributed by atoms with Crippen LogP contribution in [0.2, 0.25) is 0 Å². The molecule has 2 bridgehead atoms. The van der Waals surface area contributed by atoms with Crippen molar-refractivity contribution in [1.82, 2.24) is 9.80 Å². The summed E-state index contributed by atoms with van der Waals surface area (Å²) in [6, 6.07) is 0.640. The Labute approximate surface area is 116 Å². The molecule has 0 aromatic heterocycles. The Morgan fingerprint density at radius 3 is 2.56 bits per heavy atom. The Morgan fingerprint density at radius 1 is 1.44 bits per heavy atom. The fourth-order valence-corrected chi connectivity index (χ4v) is 4.42. The molecular weight excluding hydrogens is 242 g/mol. The van der Waals surface area contributed by atoms with Crippen molar-refractivity contribution in [2.24, 2.45) is 11.7 Å². The van der Waals surface area contributed by atoms with Gasteiger partial charge in [-0.15, -0.1) is 0 Å². The molecule has 0 radical (unpaired) electrons. The zero-order chi connectivity index (χ0) is 13.2. The van der Waals surface area contributed by atoms with E-state index in [0.29, 0.717) is 6.04 Å². The summed E-state index contributed by atoms with van der Waals surface area (Å²) >= 11 is 1.95. The van der Waals surface area contributed by atoms with Gasteiger partial charge < -0.3 is 10.6 Å². The van der Waals surface area contributed by atoms with E-state index >= 15 is 0 Å². The topological polar surface area (TPSA) is 32.5 Å². The van der Waals surface area contributed by atoms with Gasteiger partial charge >= 0.3 is 0 Å². The van der Waals surface area contributed by atoms with E-state index in [9.17, 15) is 0 Å². The molecule has 3 saturated heterocycles. The van der Waals surface area contributed by atoms with Crippen molar-refractivity contribution < 1.29 is 0 Å². The van der Waals surface area contributed by atoms with E-state index in [2.05, 4.69) is 30.0 Å². The molecule has 2 atom stereocenters. The van der Waals surface area contributed by atoms with Gasteiger partial charge in [0.25, 0.3) is 0 Å². The van der Waals surface area contributed by atoms with Gasteiger partial charge in [-0.2, -0.15) is 11.8 Å². The first-order valence-electron chi connectivity index (χ1n) is 7.28. The summed E-state index contributed by atoms with van der Waals surface area (Å²) in [5.41, 5.74) is 6.46. The zero-order valence-corrected chi connectivity index (χ0v) is 13.0. The van der Waals surface area contributed by atoms with E-state index in [1.165, 1.54) is 44.6 Å². The Hall–Kier alpha value is 0.230. The van der Waals surface area contributed by atoms with Crippen LogP contribution in [0.4, 0.5) is 0 Å². The third kappa shape index (κ3) is 2.58. The number of likely N-dealkylation sites (N-methyl/N-ethyl adjacent to an activating group) is 1. The second-order valence-corrected chi connectivity index (χ2v) is 7.09. The largest absolute Gasteiger partial charge is 0.329 e. The third-order valence-corrected chi connectivity index (χ3v) is 5.95. The monoisotopic (exact) mass is 271 g/mol. The van der Waals surface area contributed by atoms with Crippen molar-refractivity contribution in [3.63, 3.8) is 0 Å². The van der Waals surface area contributed by atoms with E-state index < -0.39 is 0 Å². The van der Waals surface area contributed by atoms with Crippen LogP contribution < -0.4 is 5.73 Å². The molecule has 0 aromatic carbocycles. The molecule has 2 N–H and O–H groups in total. The molecule has 0 spiro atoms. The van der Waals surface area contributed by atoms with Crippen LogP contribution in [0.1, 0.15) is 26.2 Å². The van der Waals surface area contributed by atoms with E-state index in [1.807, 2.05) is 11.8 Å². The lowest BCUT2D eigenvalue weighted by atomic mass is 9.71. The van der Waals surface area contributed by atoms with Crippen LogP contribution in [0.15, 0.2) is 0 Å². The van der Waals surface area contributed by atoms with E-state index in [0.717, 1.165) is 12.5 Å². The molecule has 3 aliphatic heterocycles. The average molecular weight is 271 g/mol. The Morgan fingerprint density at radius 2 is 2.11 bits per heavy atom. The lowest BCUT2D eigenvalue weighted by Crippen LogP contribution is -2.70. The van der Waals surface area contributed by atoms with Gasteiger partial charge in [0, 0.05) is 24.7 Å². The van der Waals surface area contributed by atoms with E-state index in [-0.39, 0.29) is 5.54 Å². The minimum atomic E-state index is 0.244. The molecule has 0 amide bonds. The van der Waals surface area contributed by atoms with Gasteiger partial charge in [-0.1, -0.05) is 0 Å². The van der Waals surface area contributed by atoms with Crippen molar-refractivity contribution in [3.8, 4) is 0 Å². The van der Waals surface area contributed by atoms with Gasteiger partial charge in [0.05, 0.1) is 0 Å². The highest BCUT2D eigenvalue weighted by atomic mass is 32.2. The van der Waals surface area contributed by atoms with Crippen LogP contribution in [0.25, 0.3) is 0 Å². The molecular formula is C14H29N3S. The molecule has 2 unspecified atom stereocenters. The molecule has 3 heterocycles. The number of piperidine rings is 3. The predicted molar refractivity (Wildman–Crippen MR) is 81.2 cm³/mol. The SMILES string of the molecule is CSCCC(C)N(C)C1(CN)CN2CCC1CC2. The summed E-state index contributed by atoms with van der Waals surface area (Å²) in [6.07, 6.45) is 6.15. The van der Waals surface area contributed by atoms with Crippen LogP contribution in [0, 0.1) is 5.92 Å². The van der Waals surface area contributed by atoms with Crippen molar-refractivity contribution in [3.05, 3.63) is 0 Å². The quantitative estimate of drug-likeness (QED) is 0.793. The summed E-state index contributed by atoms with van der Waals surface area (Å²) in [5, 5.41) is 0. The standard InChI is InChI=1S/C14H29N3S/c1-12(6-9-18-3)16(2)14(10-15)11-17-7-4-13(14)5-8-17/h12-13H,4-11,15H2,1-3H3. The molecule has 3 fully saturated rings. The van der Waals surface area contributed by atoms with Gasteiger partial charge in [-0.25, -0.2) is 0 Å². The molecule has 3 nitrogen and oxygen atoms in total. The molecule has 0 aromatic rings.